The molecule has 1 atom stereocenters. The van der Waals surface area contributed by atoms with Crippen LogP contribution in [-0.2, 0) is 14.3 Å². The summed E-state index contributed by atoms with van der Waals surface area (Å²) in [5, 5.41) is 10.5. The van der Waals surface area contributed by atoms with Crippen LogP contribution in [0.2, 0.25) is 5.02 Å². The van der Waals surface area contributed by atoms with E-state index in [1.54, 1.807) is 39.0 Å². The van der Waals surface area contributed by atoms with E-state index in [1.807, 2.05) is 0 Å². The molecule has 2 aromatic rings. The number of anilines is 1. The second kappa shape index (κ2) is 6.81. The van der Waals surface area contributed by atoms with Gasteiger partial charge in [-0.2, -0.15) is 0 Å². The van der Waals surface area contributed by atoms with E-state index in [1.165, 1.54) is 11.0 Å². The number of Topliss-reactive ketones (excluding diaryl/α,β-unsaturated/α-hetero) is 1. The molecule has 7 nitrogen and oxygen atoms in total. The lowest BCUT2D eigenvalue weighted by molar-refractivity contribution is -0.138. The van der Waals surface area contributed by atoms with Crippen LogP contribution in [0.15, 0.2) is 24.3 Å². The van der Waals surface area contributed by atoms with Gasteiger partial charge >= 0.3 is 11.9 Å². The van der Waals surface area contributed by atoms with Gasteiger partial charge in [0, 0.05) is 22.5 Å². The van der Waals surface area contributed by atoms with E-state index >= 15 is 0 Å². The first-order valence-corrected chi connectivity index (χ1v) is 8.78. The summed E-state index contributed by atoms with van der Waals surface area (Å²) >= 11 is 6.05. The molecule has 1 fully saturated rings. The van der Waals surface area contributed by atoms with E-state index < -0.39 is 23.6 Å². The van der Waals surface area contributed by atoms with Gasteiger partial charge < -0.3 is 14.7 Å². The summed E-state index contributed by atoms with van der Waals surface area (Å²) in [6.45, 7) is 5.17. The number of ketones is 1. The van der Waals surface area contributed by atoms with Crippen molar-refractivity contribution in [1.82, 2.24) is 4.98 Å². The quantitative estimate of drug-likeness (QED) is 0.804. The van der Waals surface area contributed by atoms with Crippen LogP contribution in [0.25, 0.3) is 10.9 Å². The van der Waals surface area contributed by atoms with Crippen LogP contribution in [0.5, 0.6) is 0 Å². The maximum atomic E-state index is 12.5. The number of carbonyl (C=O) groups is 3. The number of pyridine rings is 1. The third-order valence-electron chi connectivity index (χ3n) is 4.10. The summed E-state index contributed by atoms with van der Waals surface area (Å²) in [5.74, 6) is -1.92. The number of esters is 1. The molecule has 1 aliphatic heterocycles. The van der Waals surface area contributed by atoms with Crippen molar-refractivity contribution in [3.8, 4) is 0 Å². The standard InChI is InChI=1S/C19H19ClN2O5/c1-19(2,3)27-18(26)14-8-15(12-5-4-10(20)6-13(12)21-14)22-9-11(23)7-16(22)17(24)25/h4-6,8,16H,7,9H2,1-3H3,(H,24,25). The molecule has 3 rings (SSSR count). The van der Waals surface area contributed by atoms with Gasteiger partial charge in [0.1, 0.15) is 11.6 Å². The molecule has 1 aromatic heterocycles. The van der Waals surface area contributed by atoms with Crippen molar-refractivity contribution in [3.63, 3.8) is 0 Å². The van der Waals surface area contributed by atoms with Crippen LogP contribution in [0, 0.1) is 0 Å². The van der Waals surface area contributed by atoms with Crippen LogP contribution >= 0.6 is 11.6 Å². The maximum absolute atomic E-state index is 12.5. The predicted octanol–water partition coefficient (Wildman–Crippen LogP) is 3.08. The number of halogens is 1. The molecule has 0 radical (unpaired) electrons. The Kier molecular flexibility index (Phi) is 4.82. The number of fused-ring (bicyclic) bond motifs is 1. The fraction of sp³-hybridized carbons (Fsp3) is 0.368. The first-order valence-electron chi connectivity index (χ1n) is 8.40. The molecule has 0 bridgehead atoms. The van der Waals surface area contributed by atoms with E-state index in [9.17, 15) is 19.5 Å². The Morgan fingerprint density at radius 1 is 1.30 bits per heavy atom. The van der Waals surface area contributed by atoms with Gasteiger partial charge in [0.25, 0.3) is 0 Å². The van der Waals surface area contributed by atoms with Crippen molar-refractivity contribution in [2.75, 3.05) is 11.4 Å². The molecule has 0 saturated carbocycles. The van der Waals surface area contributed by atoms with Gasteiger partial charge in [-0.1, -0.05) is 11.6 Å². The van der Waals surface area contributed by atoms with E-state index in [2.05, 4.69) is 4.98 Å². The second-order valence-electron chi connectivity index (χ2n) is 7.41. The summed E-state index contributed by atoms with van der Waals surface area (Å²) < 4.78 is 5.38. The number of benzene rings is 1. The second-order valence-corrected chi connectivity index (χ2v) is 7.85. The van der Waals surface area contributed by atoms with Gasteiger partial charge in [-0.05, 0) is 45.0 Å². The monoisotopic (exact) mass is 390 g/mol. The van der Waals surface area contributed by atoms with Gasteiger partial charge in [0.05, 0.1) is 12.1 Å². The van der Waals surface area contributed by atoms with Gasteiger partial charge in [-0.15, -0.1) is 0 Å². The molecule has 1 aromatic carbocycles. The lowest BCUT2D eigenvalue weighted by Gasteiger charge is -2.25. The molecule has 0 aliphatic carbocycles. The average molecular weight is 391 g/mol. The SMILES string of the molecule is CC(C)(C)OC(=O)c1cc(N2CC(=O)CC2C(=O)O)c2ccc(Cl)cc2n1. The molecule has 1 unspecified atom stereocenters. The van der Waals surface area contributed by atoms with Crippen molar-refractivity contribution >= 4 is 45.9 Å². The number of hydrogen-bond donors (Lipinski definition) is 1. The fourth-order valence-electron chi connectivity index (χ4n) is 3.02. The average Bonchev–Trinajstić information content (AvgIpc) is 2.94. The Morgan fingerprint density at radius 2 is 2.00 bits per heavy atom. The Hall–Kier alpha value is -2.67. The number of hydrogen-bond acceptors (Lipinski definition) is 6. The zero-order chi connectivity index (χ0) is 19.9. The third-order valence-corrected chi connectivity index (χ3v) is 4.33. The summed E-state index contributed by atoms with van der Waals surface area (Å²) in [6, 6.07) is 5.40. The molecule has 2 heterocycles. The lowest BCUT2D eigenvalue weighted by atomic mass is 10.1. The summed E-state index contributed by atoms with van der Waals surface area (Å²) in [5.41, 5.74) is 0.174. The molecule has 1 saturated heterocycles. The van der Waals surface area contributed by atoms with Gasteiger partial charge in [0.2, 0.25) is 0 Å². The summed E-state index contributed by atoms with van der Waals surface area (Å²) in [6.07, 6.45) is -0.0888. The number of nitrogens with zero attached hydrogens (tertiary/aromatic N) is 2. The van der Waals surface area contributed by atoms with Gasteiger partial charge in [-0.3, -0.25) is 4.79 Å². The zero-order valence-corrected chi connectivity index (χ0v) is 15.9. The minimum absolute atomic E-state index is 0.0261. The fourth-order valence-corrected chi connectivity index (χ4v) is 3.19. The number of aromatic nitrogens is 1. The first kappa shape index (κ1) is 19.1. The van der Waals surface area contributed by atoms with Crippen LogP contribution in [0.4, 0.5) is 5.69 Å². The largest absolute Gasteiger partial charge is 0.480 e. The molecule has 27 heavy (non-hydrogen) atoms. The highest BCUT2D eigenvalue weighted by atomic mass is 35.5. The third kappa shape index (κ3) is 4.03. The molecule has 8 heteroatoms. The number of rotatable bonds is 3. The lowest BCUT2D eigenvalue weighted by Crippen LogP contribution is -2.36. The Labute approximate surface area is 160 Å². The molecule has 1 aliphatic rings. The van der Waals surface area contributed by atoms with Crippen LogP contribution in [0.3, 0.4) is 0 Å². The topological polar surface area (TPSA) is 96.8 Å². The van der Waals surface area contributed by atoms with Crippen molar-refractivity contribution in [2.45, 2.75) is 38.8 Å². The molecular weight excluding hydrogens is 372 g/mol. The number of carboxylic acids is 1. The van der Waals surface area contributed by atoms with E-state index in [4.69, 9.17) is 16.3 Å². The van der Waals surface area contributed by atoms with Crippen molar-refractivity contribution < 1.29 is 24.2 Å². The number of carboxylic acid groups (broad SMARTS) is 1. The Morgan fingerprint density at radius 3 is 2.63 bits per heavy atom. The molecule has 1 N–H and O–H groups in total. The Balaban J connectivity index is 2.17. The first-order chi connectivity index (χ1) is 12.5. The number of ether oxygens (including phenoxy) is 1. The van der Waals surface area contributed by atoms with Crippen LogP contribution < -0.4 is 4.90 Å². The smallest absolute Gasteiger partial charge is 0.357 e. The maximum Gasteiger partial charge on any atom is 0.357 e. The predicted molar refractivity (Wildman–Crippen MR) is 100 cm³/mol. The zero-order valence-electron chi connectivity index (χ0n) is 15.2. The Bertz CT molecular complexity index is 951. The number of aliphatic carboxylic acids is 1. The molecule has 0 amide bonds. The normalized spacial score (nSPS) is 17.4. The summed E-state index contributed by atoms with van der Waals surface area (Å²) in [4.78, 5) is 41.8. The highest BCUT2D eigenvalue weighted by molar-refractivity contribution is 6.31. The highest BCUT2D eigenvalue weighted by Crippen LogP contribution is 2.33. The molecule has 142 valence electrons. The van der Waals surface area contributed by atoms with E-state index in [0.29, 0.717) is 21.6 Å². The minimum atomic E-state index is -1.10. The number of carbonyl (C=O) groups excluding carboxylic acids is 2. The van der Waals surface area contributed by atoms with Crippen LogP contribution in [-0.4, -0.2) is 46.0 Å². The van der Waals surface area contributed by atoms with Crippen molar-refractivity contribution in [1.29, 1.82) is 0 Å². The van der Waals surface area contributed by atoms with Crippen molar-refractivity contribution in [2.24, 2.45) is 0 Å². The molecule has 0 spiro atoms. The van der Waals surface area contributed by atoms with Crippen LogP contribution in [0.1, 0.15) is 37.7 Å². The van der Waals surface area contributed by atoms with Gasteiger partial charge in [-0.25, -0.2) is 14.6 Å². The molecular formula is C19H19ClN2O5. The van der Waals surface area contributed by atoms with Gasteiger partial charge in [0.15, 0.2) is 11.5 Å². The van der Waals surface area contributed by atoms with E-state index in [0.717, 1.165) is 0 Å². The van der Waals surface area contributed by atoms with Crippen molar-refractivity contribution in [3.05, 3.63) is 35.0 Å². The van der Waals surface area contributed by atoms with E-state index in [-0.39, 0.29) is 24.4 Å². The highest BCUT2D eigenvalue weighted by Gasteiger charge is 2.37. The minimum Gasteiger partial charge on any atom is -0.480 e. The summed E-state index contributed by atoms with van der Waals surface area (Å²) in [7, 11) is 0.